The molecule has 2 rings (SSSR count). The highest BCUT2D eigenvalue weighted by atomic mass is 19.3. The summed E-state index contributed by atoms with van der Waals surface area (Å²) in [7, 11) is 1.49. The van der Waals surface area contributed by atoms with Crippen molar-refractivity contribution in [2.45, 2.75) is 12.8 Å². The van der Waals surface area contributed by atoms with Gasteiger partial charge in [-0.25, -0.2) is 18.2 Å². The Bertz CT molecular complexity index is 764. The first-order valence-corrected chi connectivity index (χ1v) is 8.41. The average molecular weight is 398 g/mol. The summed E-state index contributed by atoms with van der Waals surface area (Å²) >= 11 is 0. The summed E-state index contributed by atoms with van der Waals surface area (Å²) in [6, 6.07) is 3.11. The second-order valence-corrected chi connectivity index (χ2v) is 5.92. The number of nitrogens with zero attached hydrogens (tertiary/aromatic N) is 2. The van der Waals surface area contributed by atoms with Crippen molar-refractivity contribution in [3.05, 3.63) is 47.7 Å². The average Bonchev–Trinajstić information content (AvgIpc) is 2.68. The second kappa shape index (κ2) is 10.5. The zero-order valence-corrected chi connectivity index (χ0v) is 15.2. The number of amidine groups is 1. The Labute approximate surface area is 160 Å². The number of aromatic nitrogens is 1. The lowest BCUT2D eigenvalue weighted by Crippen LogP contribution is -2.27. The van der Waals surface area contributed by atoms with Gasteiger partial charge in [0.2, 0.25) is 0 Å². The Morgan fingerprint density at radius 3 is 2.86 bits per heavy atom. The quantitative estimate of drug-likeness (QED) is 0.491. The number of hydrogen-bond donors (Lipinski definition) is 2. The van der Waals surface area contributed by atoms with E-state index in [4.69, 9.17) is 10.5 Å². The van der Waals surface area contributed by atoms with Gasteiger partial charge in [-0.1, -0.05) is 0 Å². The molecule has 1 aromatic rings. The van der Waals surface area contributed by atoms with Gasteiger partial charge in [-0.3, -0.25) is 9.79 Å². The van der Waals surface area contributed by atoms with Gasteiger partial charge in [0.25, 0.3) is 12.3 Å². The van der Waals surface area contributed by atoms with Crippen LogP contribution in [0.25, 0.3) is 0 Å². The summed E-state index contributed by atoms with van der Waals surface area (Å²) in [5, 5.41) is 2.68. The molecular weight excluding hydrogens is 377 g/mol. The van der Waals surface area contributed by atoms with Crippen LogP contribution in [-0.2, 0) is 4.74 Å². The Balaban J connectivity index is 1.89. The van der Waals surface area contributed by atoms with Gasteiger partial charge in [0.15, 0.2) is 0 Å². The minimum absolute atomic E-state index is 0.000200. The van der Waals surface area contributed by atoms with Crippen LogP contribution in [0.2, 0.25) is 0 Å². The molecule has 1 atom stereocenters. The van der Waals surface area contributed by atoms with Crippen LogP contribution in [-0.4, -0.2) is 50.0 Å². The molecule has 0 radical (unpaired) electrons. The Morgan fingerprint density at radius 1 is 1.43 bits per heavy atom. The largest absolute Gasteiger partial charge is 0.495 e. The van der Waals surface area contributed by atoms with Gasteiger partial charge in [-0.15, -0.1) is 0 Å². The summed E-state index contributed by atoms with van der Waals surface area (Å²) in [5.74, 6) is -0.960. The molecule has 0 fully saturated rings. The maximum atomic E-state index is 14.0. The number of allylic oxidation sites excluding steroid dienone is 3. The van der Waals surface area contributed by atoms with Crippen LogP contribution in [0, 0.1) is 5.92 Å². The fourth-order valence-corrected chi connectivity index (χ4v) is 2.36. The highest BCUT2D eigenvalue weighted by Gasteiger charge is 2.21. The van der Waals surface area contributed by atoms with Crippen molar-refractivity contribution in [3.63, 3.8) is 0 Å². The van der Waals surface area contributed by atoms with E-state index in [1.807, 2.05) is 0 Å². The number of aliphatic imine (C=N–C) groups is 1. The Morgan fingerprint density at radius 2 is 2.21 bits per heavy atom. The number of methoxy groups -OCH3 is 1. The zero-order chi connectivity index (χ0) is 20.5. The lowest BCUT2D eigenvalue weighted by Gasteiger charge is -2.19. The van der Waals surface area contributed by atoms with Crippen molar-refractivity contribution in [1.29, 1.82) is 0 Å². The maximum Gasteiger partial charge on any atom is 0.274 e. The smallest absolute Gasteiger partial charge is 0.274 e. The van der Waals surface area contributed by atoms with Gasteiger partial charge in [-0.05, 0) is 30.7 Å². The Kier molecular flexibility index (Phi) is 8.00. The van der Waals surface area contributed by atoms with Gasteiger partial charge in [0.1, 0.15) is 36.3 Å². The lowest BCUT2D eigenvalue weighted by molar-refractivity contribution is 0.0321. The van der Waals surface area contributed by atoms with E-state index in [0.717, 1.165) is 0 Å². The molecule has 1 aromatic heterocycles. The number of carbonyl (C=O) groups excluding carboxylic acids is 1. The van der Waals surface area contributed by atoms with Crippen molar-refractivity contribution < 1.29 is 27.4 Å². The third-order valence-electron chi connectivity index (χ3n) is 3.79. The highest BCUT2D eigenvalue weighted by molar-refractivity contribution is 5.93. The number of rotatable bonds is 9. The molecule has 152 valence electrons. The van der Waals surface area contributed by atoms with Crippen LogP contribution in [0.4, 0.5) is 13.2 Å². The van der Waals surface area contributed by atoms with E-state index < -0.39 is 30.7 Å². The molecule has 0 aromatic carbocycles. The Hall–Kier alpha value is -2.88. The van der Waals surface area contributed by atoms with Crippen molar-refractivity contribution >= 4 is 11.7 Å². The van der Waals surface area contributed by atoms with Gasteiger partial charge < -0.3 is 20.5 Å². The van der Waals surface area contributed by atoms with E-state index >= 15 is 0 Å². The first kappa shape index (κ1) is 21.4. The number of halogens is 3. The van der Waals surface area contributed by atoms with Crippen molar-refractivity contribution in [2.24, 2.45) is 16.6 Å². The van der Waals surface area contributed by atoms with E-state index in [1.165, 1.54) is 31.5 Å². The minimum Gasteiger partial charge on any atom is -0.495 e. The SMILES string of the molecule is COc1ccc(C(=O)NC2=CC=C(F)C(C/N=C(/N)COCC(F)F)C2)nc1. The third kappa shape index (κ3) is 6.69. The minimum atomic E-state index is -2.59. The van der Waals surface area contributed by atoms with E-state index in [2.05, 4.69) is 20.0 Å². The zero-order valence-electron chi connectivity index (χ0n) is 15.2. The molecule has 0 aliphatic heterocycles. The number of carbonyl (C=O) groups is 1. The van der Waals surface area contributed by atoms with Gasteiger partial charge in [0, 0.05) is 11.6 Å². The van der Waals surface area contributed by atoms with E-state index in [9.17, 15) is 18.0 Å². The number of ether oxygens (including phenoxy) is 2. The number of amides is 1. The van der Waals surface area contributed by atoms with E-state index in [1.54, 1.807) is 6.07 Å². The number of hydrogen-bond acceptors (Lipinski definition) is 5. The van der Waals surface area contributed by atoms with Crippen LogP contribution in [0.1, 0.15) is 16.9 Å². The van der Waals surface area contributed by atoms with Gasteiger partial charge in [-0.2, -0.15) is 0 Å². The lowest BCUT2D eigenvalue weighted by atomic mass is 9.97. The molecule has 1 aliphatic carbocycles. The van der Waals surface area contributed by atoms with Crippen LogP contribution in [0.3, 0.4) is 0 Å². The third-order valence-corrected chi connectivity index (χ3v) is 3.79. The van der Waals surface area contributed by atoms with E-state index in [0.29, 0.717) is 11.4 Å². The fourth-order valence-electron chi connectivity index (χ4n) is 2.36. The summed E-state index contributed by atoms with van der Waals surface area (Å²) in [6.07, 6.45) is 1.72. The maximum absolute atomic E-state index is 14.0. The number of pyridine rings is 1. The van der Waals surface area contributed by atoms with Crippen molar-refractivity contribution in [3.8, 4) is 5.75 Å². The first-order chi connectivity index (χ1) is 13.4. The molecule has 10 heteroatoms. The number of nitrogens with one attached hydrogen (secondary N) is 1. The molecule has 0 saturated heterocycles. The summed E-state index contributed by atoms with van der Waals surface area (Å²) in [6.45, 7) is -1.00. The topological polar surface area (TPSA) is 98.8 Å². The van der Waals surface area contributed by atoms with Crippen LogP contribution < -0.4 is 15.8 Å². The van der Waals surface area contributed by atoms with Gasteiger partial charge >= 0.3 is 0 Å². The molecule has 1 heterocycles. The van der Waals surface area contributed by atoms with Gasteiger partial charge in [0.05, 0.1) is 19.9 Å². The highest BCUT2D eigenvalue weighted by Crippen LogP contribution is 2.25. The normalized spacial score (nSPS) is 17.2. The summed E-state index contributed by atoms with van der Waals surface area (Å²) in [4.78, 5) is 20.2. The van der Waals surface area contributed by atoms with E-state index in [-0.39, 0.29) is 31.1 Å². The predicted molar refractivity (Wildman–Crippen MR) is 96.9 cm³/mol. The first-order valence-electron chi connectivity index (χ1n) is 8.41. The number of nitrogens with two attached hydrogens (primary N) is 1. The molecular formula is C18H21F3N4O3. The van der Waals surface area contributed by atoms with Crippen LogP contribution in [0.15, 0.2) is 47.0 Å². The van der Waals surface area contributed by atoms with Crippen molar-refractivity contribution in [2.75, 3.05) is 26.9 Å². The number of alkyl halides is 2. The molecule has 3 N–H and O–H groups in total. The van der Waals surface area contributed by atoms with Crippen LogP contribution in [0.5, 0.6) is 5.75 Å². The molecule has 1 unspecified atom stereocenters. The summed E-state index contributed by atoms with van der Waals surface area (Å²) in [5.41, 5.74) is 6.26. The second-order valence-electron chi connectivity index (χ2n) is 5.92. The molecule has 0 saturated carbocycles. The molecule has 1 amide bonds. The molecule has 1 aliphatic rings. The molecule has 28 heavy (non-hydrogen) atoms. The molecule has 7 nitrogen and oxygen atoms in total. The standard InChI is InChI=1S/C18H21F3N4O3/c1-27-13-3-5-15(23-8-13)18(26)25-12-2-4-14(19)11(6-12)7-24-17(22)10-28-9-16(20)21/h2-5,8,11,16H,6-7,9-10H2,1H3,(H2,22,24)(H,25,26). The molecule has 0 bridgehead atoms. The van der Waals surface area contributed by atoms with Crippen molar-refractivity contribution in [1.82, 2.24) is 10.3 Å². The monoisotopic (exact) mass is 398 g/mol. The van der Waals surface area contributed by atoms with Crippen LogP contribution >= 0.6 is 0 Å². The predicted octanol–water partition coefficient (Wildman–Crippen LogP) is 2.22. The molecule has 0 spiro atoms. The summed E-state index contributed by atoms with van der Waals surface area (Å²) < 4.78 is 47.7. The fraction of sp³-hybridized carbons (Fsp3) is 0.389.